The summed E-state index contributed by atoms with van der Waals surface area (Å²) < 4.78 is 10.8. The average molecular weight is 266 g/mol. The molecule has 0 bridgehead atoms. The second kappa shape index (κ2) is 6.16. The van der Waals surface area contributed by atoms with E-state index in [9.17, 15) is 0 Å². The molecule has 0 aliphatic carbocycles. The predicted octanol–water partition coefficient (Wildman–Crippen LogP) is 1.65. The van der Waals surface area contributed by atoms with Crippen molar-refractivity contribution in [1.29, 1.82) is 0 Å². The van der Waals surface area contributed by atoms with Gasteiger partial charge in [-0.3, -0.25) is 0 Å². The molecule has 1 saturated heterocycles. The molecule has 106 valence electrons. The van der Waals surface area contributed by atoms with E-state index in [-0.39, 0.29) is 5.54 Å². The van der Waals surface area contributed by atoms with Crippen LogP contribution in [-0.4, -0.2) is 42.4 Å². The van der Waals surface area contributed by atoms with E-state index in [0.29, 0.717) is 25.6 Å². The number of hydrogen-bond donors (Lipinski definition) is 2. The maximum Gasteiger partial charge on any atom is 0.158 e. The fourth-order valence-corrected chi connectivity index (χ4v) is 2.02. The van der Waals surface area contributed by atoms with Gasteiger partial charge in [0.05, 0.1) is 12.1 Å². The number of anilines is 2. The molecule has 0 spiro atoms. The van der Waals surface area contributed by atoms with Gasteiger partial charge in [0.15, 0.2) is 5.82 Å². The van der Waals surface area contributed by atoms with Crippen molar-refractivity contribution in [1.82, 2.24) is 9.97 Å². The van der Waals surface area contributed by atoms with Crippen molar-refractivity contribution in [2.45, 2.75) is 32.4 Å². The molecule has 1 aliphatic heterocycles. The molecule has 1 fully saturated rings. The molecule has 6 heteroatoms. The van der Waals surface area contributed by atoms with Crippen molar-refractivity contribution in [2.24, 2.45) is 0 Å². The molecule has 0 aromatic carbocycles. The van der Waals surface area contributed by atoms with E-state index in [2.05, 4.69) is 27.5 Å². The molecule has 1 aromatic heterocycles. The first-order valence-electron chi connectivity index (χ1n) is 6.64. The van der Waals surface area contributed by atoms with E-state index in [1.165, 1.54) is 0 Å². The highest BCUT2D eigenvalue weighted by Crippen LogP contribution is 2.23. The third-order valence-corrected chi connectivity index (χ3v) is 3.11. The molecule has 19 heavy (non-hydrogen) atoms. The summed E-state index contributed by atoms with van der Waals surface area (Å²) in [5.41, 5.74) is -0.0533. The largest absolute Gasteiger partial charge is 0.379 e. The van der Waals surface area contributed by atoms with E-state index in [0.717, 1.165) is 24.7 Å². The van der Waals surface area contributed by atoms with Crippen molar-refractivity contribution in [3.8, 4) is 0 Å². The molecule has 0 radical (unpaired) electrons. The molecule has 2 rings (SSSR count). The molecule has 2 heterocycles. The molecule has 2 N–H and O–H groups in total. The van der Waals surface area contributed by atoms with Gasteiger partial charge >= 0.3 is 0 Å². The summed E-state index contributed by atoms with van der Waals surface area (Å²) in [7, 11) is 1.84. The lowest BCUT2D eigenvalue weighted by molar-refractivity contribution is 0.128. The molecule has 0 amide bonds. The molecular weight excluding hydrogens is 244 g/mol. The molecular formula is C13H22N4O2. The van der Waals surface area contributed by atoms with E-state index < -0.39 is 0 Å². The van der Waals surface area contributed by atoms with Crippen LogP contribution >= 0.6 is 0 Å². The van der Waals surface area contributed by atoms with Gasteiger partial charge in [-0.2, -0.15) is 0 Å². The number of aromatic nitrogens is 2. The third-order valence-electron chi connectivity index (χ3n) is 3.11. The Kier molecular flexibility index (Phi) is 4.55. The topological polar surface area (TPSA) is 68.3 Å². The smallest absolute Gasteiger partial charge is 0.158 e. The Balaban J connectivity index is 2.14. The fraction of sp³-hybridized carbons (Fsp3) is 0.692. The Morgan fingerprint density at radius 1 is 1.42 bits per heavy atom. The van der Waals surface area contributed by atoms with Gasteiger partial charge in [0.25, 0.3) is 0 Å². The van der Waals surface area contributed by atoms with Crippen molar-refractivity contribution >= 4 is 11.6 Å². The maximum atomic E-state index is 5.44. The minimum Gasteiger partial charge on any atom is -0.379 e. The highest BCUT2D eigenvalue weighted by Gasteiger charge is 2.30. The molecule has 6 nitrogen and oxygen atoms in total. The van der Waals surface area contributed by atoms with Crippen molar-refractivity contribution in [2.75, 3.05) is 37.5 Å². The van der Waals surface area contributed by atoms with E-state index in [1.54, 1.807) is 0 Å². The lowest BCUT2D eigenvalue weighted by atomic mass is 10.0. The molecule has 1 aromatic rings. The van der Waals surface area contributed by atoms with Crippen LogP contribution < -0.4 is 10.6 Å². The van der Waals surface area contributed by atoms with Crippen LogP contribution in [0.15, 0.2) is 6.07 Å². The zero-order chi connectivity index (χ0) is 13.7. The number of ether oxygens (including phenoxy) is 2. The Morgan fingerprint density at radius 2 is 2.21 bits per heavy atom. The Labute approximate surface area is 113 Å². The molecule has 1 aliphatic rings. The summed E-state index contributed by atoms with van der Waals surface area (Å²) in [5, 5.41) is 6.48. The van der Waals surface area contributed by atoms with Gasteiger partial charge in [-0.15, -0.1) is 0 Å². The zero-order valence-corrected chi connectivity index (χ0v) is 11.8. The van der Waals surface area contributed by atoms with E-state index >= 15 is 0 Å². The van der Waals surface area contributed by atoms with E-state index in [4.69, 9.17) is 9.47 Å². The van der Waals surface area contributed by atoms with Gasteiger partial charge in [0.1, 0.15) is 18.2 Å². The first-order chi connectivity index (χ1) is 9.15. The van der Waals surface area contributed by atoms with Crippen LogP contribution in [0, 0.1) is 0 Å². The van der Waals surface area contributed by atoms with Gasteiger partial charge in [0.2, 0.25) is 0 Å². The first kappa shape index (κ1) is 14.0. The monoisotopic (exact) mass is 266 g/mol. The van der Waals surface area contributed by atoms with Gasteiger partial charge < -0.3 is 20.1 Å². The zero-order valence-electron chi connectivity index (χ0n) is 11.8. The van der Waals surface area contributed by atoms with Crippen LogP contribution in [0.1, 0.15) is 26.1 Å². The number of hydrogen-bond acceptors (Lipinski definition) is 6. The minimum atomic E-state index is -0.0533. The molecule has 0 saturated carbocycles. The van der Waals surface area contributed by atoms with Crippen molar-refractivity contribution in [3.05, 3.63) is 11.9 Å². The van der Waals surface area contributed by atoms with Crippen LogP contribution in [0.4, 0.5) is 11.6 Å². The summed E-state index contributed by atoms with van der Waals surface area (Å²) in [6, 6.07) is 1.90. The van der Waals surface area contributed by atoms with Crippen LogP contribution in [0.25, 0.3) is 0 Å². The second-order valence-corrected chi connectivity index (χ2v) is 4.93. The third kappa shape index (κ3) is 3.78. The van der Waals surface area contributed by atoms with E-state index in [1.807, 2.05) is 20.0 Å². The number of rotatable bonds is 6. The Morgan fingerprint density at radius 3 is 2.84 bits per heavy atom. The van der Waals surface area contributed by atoms with Gasteiger partial charge in [-0.05, 0) is 20.3 Å². The van der Waals surface area contributed by atoms with Crippen molar-refractivity contribution in [3.63, 3.8) is 0 Å². The van der Waals surface area contributed by atoms with Gasteiger partial charge in [-0.25, -0.2) is 9.97 Å². The van der Waals surface area contributed by atoms with Crippen LogP contribution in [0.3, 0.4) is 0 Å². The average Bonchev–Trinajstić information content (AvgIpc) is 2.82. The van der Waals surface area contributed by atoms with Gasteiger partial charge in [-0.1, -0.05) is 0 Å². The molecule has 1 atom stereocenters. The second-order valence-electron chi connectivity index (χ2n) is 4.93. The highest BCUT2D eigenvalue weighted by molar-refractivity contribution is 5.48. The summed E-state index contributed by atoms with van der Waals surface area (Å²) >= 11 is 0. The number of nitrogens with one attached hydrogen (secondary N) is 2. The lowest BCUT2D eigenvalue weighted by Gasteiger charge is -2.24. The highest BCUT2D eigenvalue weighted by atomic mass is 16.5. The summed E-state index contributed by atoms with van der Waals surface area (Å²) in [6.45, 7) is 6.67. The Hall–Kier alpha value is -1.40. The Bertz CT molecular complexity index is 419. The van der Waals surface area contributed by atoms with Gasteiger partial charge in [0, 0.05) is 26.3 Å². The fourth-order valence-electron chi connectivity index (χ4n) is 2.02. The predicted molar refractivity (Wildman–Crippen MR) is 74.4 cm³/mol. The normalized spacial score (nSPS) is 22.5. The standard InChI is InChI=1S/C13H22N4O2/c1-4-18-8-12-15-10(14-3)7-11(16-12)17-13(2)5-6-19-9-13/h7H,4-6,8-9H2,1-3H3,(H2,14,15,16,17). The van der Waals surface area contributed by atoms with Crippen LogP contribution in [-0.2, 0) is 16.1 Å². The molecule has 1 unspecified atom stereocenters. The van der Waals surface area contributed by atoms with Crippen LogP contribution in [0.2, 0.25) is 0 Å². The first-order valence-corrected chi connectivity index (χ1v) is 6.64. The lowest BCUT2D eigenvalue weighted by Crippen LogP contribution is -2.35. The SMILES string of the molecule is CCOCc1nc(NC)cc(NC2(C)CCOC2)n1. The summed E-state index contributed by atoms with van der Waals surface area (Å²) in [4.78, 5) is 8.85. The summed E-state index contributed by atoms with van der Waals surface area (Å²) in [5.74, 6) is 2.27. The summed E-state index contributed by atoms with van der Waals surface area (Å²) in [6.07, 6.45) is 0.979. The quantitative estimate of drug-likeness (QED) is 0.816. The van der Waals surface area contributed by atoms with Crippen molar-refractivity contribution < 1.29 is 9.47 Å². The minimum absolute atomic E-state index is 0.0533. The number of nitrogens with zero attached hydrogens (tertiary/aromatic N) is 2. The maximum absolute atomic E-state index is 5.44. The van der Waals surface area contributed by atoms with Crippen LogP contribution in [0.5, 0.6) is 0 Å².